The topological polar surface area (TPSA) is 403 Å². The van der Waals surface area contributed by atoms with Crippen molar-refractivity contribution in [2.45, 2.75) is 18.4 Å². The molecule has 0 atom stereocenters. The third kappa shape index (κ3) is 65.6. The second kappa shape index (κ2) is 24.2. The van der Waals surface area contributed by atoms with Crippen LogP contribution in [0.2, 0.25) is 0 Å². The molecule has 0 fully saturated rings. The molecule has 0 aliphatic heterocycles. The van der Waals surface area contributed by atoms with E-state index in [0.717, 1.165) is 0 Å². The maximum atomic E-state index is 10.9. The number of nitrogens with two attached hydrogens (primary N) is 7. The largest absolute Gasteiger partial charge is 2.00 e. The Hall–Kier alpha value is -2.82. The molecule has 2 radical (unpaired) electrons. The fourth-order valence-corrected chi connectivity index (χ4v) is 0.673. The zero-order valence-electron chi connectivity index (χ0n) is 13.9. The molecule has 0 rings (SSSR count). The van der Waals surface area contributed by atoms with E-state index in [0.29, 0.717) is 0 Å². The molecule has 17 N–H and O–H groups in total. The Morgan fingerprint density at radius 2 is 0.929 bits per heavy atom. The van der Waals surface area contributed by atoms with Crippen LogP contribution in [0.4, 0.5) is 0 Å². The summed E-state index contributed by atoms with van der Waals surface area (Å²) in [4.78, 5) is 29.9. The Bertz CT molecular complexity index is 449. The molecule has 0 saturated carbocycles. The Labute approximate surface area is 179 Å². The molecular weight excluding hydrogens is 489 g/mol. The van der Waals surface area contributed by atoms with Crippen LogP contribution in [0.25, 0.3) is 0 Å². The van der Waals surface area contributed by atoms with E-state index in [1.54, 1.807) is 0 Å². The first-order chi connectivity index (χ1) is 11.0. The first-order valence-corrected chi connectivity index (χ1v) is 5.61. The molecule has 0 aromatic carbocycles. The van der Waals surface area contributed by atoms with Crippen molar-refractivity contribution in [2.75, 3.05) is 0 Å². The van der Waals surface area contributed by atoms with Crippen LogP contribution in [-0.4, -0.2) is 46.9 Å². The predicted octanol–water partition coefficient (Wildman–Crippen LogP) is -11.4. The van der Waals surface area contributed by atoms with Crippen LogP contribution >= 0.6 is 0 Å². The van der Waals surface area contributed by atoms with E-state index in [9.17, 15) is 34.8 Å². The maximum absolute atomic E-state index is 10.9. The van der Waals surface area contributed by atoms with E-state index in [4.69, 9.17) is 10.8 Å². The quantitative estimate of drug-likeness (QED) is 0.0941. The van der Waals surface area contributed by atoms with Crippen molar-refractivity contribution < 1.29 is 79.8 Å². The average Bonchev–Trinajstić information content (AvgIpc) is 2.22. The Kier molecular flexibility index (Phi) is 38.5. The van der Waals surface area contributed by atoms with Gasteiger partial charge in [0.05, 0.1) is 0 Å². The van der Waals surface area contributed by atoms with E-state index >= 15 is 0 Å². The molecule has 0 aromatic rings. The van der Waals surface area contributed by atoms with Crippen molar-refractivity contribution in [1.82, 2.24) is 0 Å². The van der Waals surface area contributed by atoms with Gasteiger partial charge in [-0.1, -0.05) is 5.60 Å². The standard InChI is InChI=1S/C6H7O7.3CH5N3.2Cu.H2O/c7-3(8)1-6(13,5(11)12)2-4(9)10;3*2-1(3)4;;;/h1-2H2,(H,7,8)(H,9,10)(H,11,12);3*(H5,2,3,4);;;1H2/q-1;;;;2*+2;/p-3. The number of carboxylic acid groups (broad SMARTS) is 3. The molecule has 0 bridgehead atoms. The van der Waals surface area contributed by atoms with Gasteiger partial charge in [0.15, 0.2) is 11.9 Å². The van der Waals surface area contributed by atoms with Gasteiger partial charge in [0, 0.05) is 17.9 Å². The van der Waals surface area contributed by atoms with Gasteiger partial charge in [-0.15, -0.1) is 0 Å². The minimum absolute atomic E-state index is 0. The number of carbonyl (C=O) groups is 3. The Balaban J connectivity index is -0.0000000493. The van der Waals surface area contributed by atoms with Crippen LogP contribution < -0.4 is 60.2 Å². The molecule has 19 heteroatoms. The minimum atomic E-state index is -3.22. The van der Waals surface area contributed by atoms with Gasteiger partial charge in [-0.3, -0.25) is 27.7 Å². The zero-order valence-corrected chi connectivity index (χ0v) is 15.7. The van der Waals surface area contributed by atoms with Gasteiger partial charge in [0.1, 0.15) is 0 Å². The van der Waals surface area contributed by atoms with Gasteiger partial charge >= 0.3 is 40.1 Å². The van der Waals surface area contributed by atoms with Crippen LogP contribution in [0.1, 0.15) is 12.8 Å². The number of aliphatic carboxylic acids is 3. The second-order valence-corrected chi connectivity index (χ2v) is 3.79. The Morgan fingerprint density at radius 3 is 1.00 bits per heavy atom. The zero-order chi connectivity index (χ0) is 21.4. The number of nitrogens with one attached hydrogen (secondary N) is 2. The molecule has 0 heterocycles. The summed E-state index contributed by atoms with van der Waals surface area (Å²) in [5.41, 5.74) is 23.8. The van der Waals surface area contributed by atoms with Gasteiger partial charge in [-0.2, -0.15) is 0 Å². The first-order valence-electron chi connectivity index (χ1n) is 5.61. The number of carboxylic acids is 3. The van der Waals surface area contributed by atoms with Gasteiger partial charge < -0.3 is 63.2 Å². The normalized spacial score (nSPS) is 7.61. The number of carbonyl (C=O) groups excluding carboxylic acids is 3. The van der Waals surface area contributed by atoms with E-state index in [1.165, 1.54) is 0 Å². The molecule has 0 aliphatic carbocycles. The molecule has 0 spiro atoms. The summed E-state index contributed by atoms with van der Waals surface area (Å²) in [6.07, 6.45) is -2.94. The molecule has 0 aromatic heterocycles. The summed E-state index contributed by atoms with van der Waals surface area (Å²) in [5.74, 6) is -6.97. The van der Waals surface area contributed by atoms with Crippen molar-refractivity contribution in [3.8, 4) is 0 Å². The third-order valence-electron chi connectivity index (χ3n) is 1.23. The molecule has 17 nitrogen and oxygen atoms in total. The number of guanidine groups is 3. The summed E-state index contributed by atoms with van der Waals surface area (Å²) in [6, 6.07) is 0. The van der Waals surface area contributed by atoms with Crippen molar-refractivity contribution in [3.05, 3.63) is 0 Å². The smallest absolute Gasteiger partial charge is 0.870 e. The maximum Gasteiger partial charge on any atom is 2.00 e. The van der Waals surface area contributed by atoms with Gasteiger partial charge in [-0.25, -0.2) is 0 Å². The number of hydrogen-bond donors (Lipinski definition) is 9. The minimum Gasteiger partial charge on any atom is -0.870 e. The monoisotopic (exact) mass is 509 g/mol. The van der Waals surface area contributed by atoms with Crippen LogP contribution in [-0.2, 0) is 48.5 Å². The van der Waals surface area contributed by atoms with E-state index in [1.807, 2.05) is 0 Å². The number of rotatable bonds is 5. The molecule has 172 valence electrons. The summed E-state index contributed by atoms with van der Waals surface area (Å²) >= 11 is 0. The van der Waals surface area contributed by atoms with Crippen molar-refractivity contribution in [2.24, 2.45) is 34.4 Å². The van der Waals surface area contributed by atoms with Crippen LogP contribution in [0.3, 0.4) is 0 Å². The van der Waals surface area contributed by atoms with Gasteiger partial charge in [0.25, 0.3) is 0 Å². The van der Waals surface area contributed by atoms with E-state index in [2.05, 4.69) is 39.8 Å². The molecule has 28 heavy (non-hydrogen) atoms. The second-order valence-electron chi connectivity index (χ2n) is 3.79. The summed E-state index contributed by atoms with van der Waals surface area (Å²) < 4.78 is 0. The molecular formula is C9H21Cu2N9O8. The van der Waals surface area contributed by atoms with Crippen LogP contribution in [0, 0.1) is 10.8 Å². The molecule has 0 aliphatic rings. The molecule has 0 amide bonds. The van der Waals surface area contributed by atoms with Gasteiger partial charge in [-0.05, 0) is 12.8 Å². The van der Waals surface area contributed by atoms with Crippen molar-refractivity contribution >= 4 is 35.8 Å². The van der Waals surface area contributed by atoms with E-state index < -0.39 is 36.4 Å². The fourth-order valence-electron chi connectivity index (χ4n) is 0.673. The van der Waals surface area contributed by atoms with Crippen LogP contribution in [0.15, 0.2) is 0 Å². The van der Waals surface area contributed by atoms with Crippen molar-refractivity contribution in [3.63, 3.8) is 0 Å². The summed E-state index contributed by atoms with van der Waals surface area (Å²) in [7, 11) is 0. The summed E-state index contributed by atoms with van der Waals surface area (Å²) in [6.45, 7) is 0. The third-order valence-corrected chi connectivity index (χ3v) is 1.23. The number of hydrogen-bond acceptors (Lipinski definition) is 10. The SMILES string of the molecule is N=C(N)N.N=C(N)N.NC(N)=[NH2+].O=C([O-])CC([O-])(CC(=O)[O-])C(=O)[O-].[Cu+2].[Cu+2].[OH-]. The molecule has 0 saturated heterocycles. The average molecular weight is 510 g/mol. The van der Waals surface area contributed by atoms with Gasteiger partial charge in [0.2, 0.25) is 0 Å². The van der Waals surface area contributed by atoms with E-state index in [-0.39, 0.29) is 57.5 Å². The summed E-state index contributed by atoms with van der Waals surface area (Å²) in [5, 5.41) is 57.5. The molecule has 0 unspecified atom stereocenters. The Morgan fingerprint density at radius 1 is 0.786 bits per heavy atom. The van der Waals surface area contributed by atoms with Crippen molar-refractivity contribution in [1.29, 1.82) is 10.8 Å². The van der Waals surface area contributed by atoms with Crippen LogP contribution in [0.5, 0.6) is 0 Å². The first kappa shape index (κ1) is 44.5. The predicted molar refractivity (Wildman–Crippen MR) is 76.4 cm³/mol. The fraction of sp³-hybridized carbons (Fsp3) is 0.333.